The molecule has 2 heterocycles. The van der Waals surface area contributed by atoms with Gasteiger partial charge in [-0.1, -0.05) is 0 Å². The van der Waals surface area contributed by atoms with E-state index in [0.29, 0.717) is 16.1 Å². The fourth-order valence-corrected chi connectivity index (χ4v) is 4.99. The van der Waals surface area contributed by atoms with Crippen LogP contribution in [0.5, 0.6) is 0 Å². The van der Waals surface area contributed by atoms with Gasteiger partial charge in [-0.2, -0.15) is 11.8 Å². The molecule has 2 bridgehead atoms. The Kier molecular flexibility index (Phi) is 3.37. The quantitative estimate of drug-likeness (QED) is 0.759. The maximum atomic E-state index is 13.6. The van der Waals surface area contributed by atoms with Crippen LogP contribution in [0.3, 0.4) is 0 Å². The molecule has 2 aliphatic heterocycles. The molecule has 1 aromatic carbocycles. The Balaban J connectivity index is 1.86. The molecule has 102 valence electrons. The van der Waals surface area contributed by atoms with Crippen LogP contribution in [0.2, 0.25) is 0 Å². The van der Waals surface area contributed by atoms with E-state index >= 15 is 0 Å². The van der Waals surface area contributed by atoms with Gasteiger partial charge in [-0.25, -0.2) is 8.78 Å². The van der Waals surface area contributed by atoms with E-state index in [1.54, 1.807) is 0 Å². The fraction of sp³-hybridized carbons (Fsp3) is 0.533. The Hall–Kier alpha value is -0.900. The Morgan fingerprint density at radius 3 is 2.47 bits per heavy atom. The van der Waals surface area contributed by atoms with Crippen LogP contribution in [0.4, 0.5) is 8.78 Å². The molecule has 0 aliphatic carbocycles. The number of benzene rings is 1. The van der Waals surface area contributed by atoms with Crippen LogP contribution in [-0.4, -0.2) is 16.3 Å². The first-order valence-electron chi connectivity index (χ1n) is 6.70. The molecule has 0 radical (unpaired) electrons. The number of halogens is 2. The molecule has 2 atom stereocenters. The summed E-state index contributed by atoms with van der Waals surface area (Å²) < 4.78 is 26.7. The van der Waals surface area contributed by atoms with Crippen LogP contribution in [0.25, 0.3) is 0 Å². The van der Waals surface area contributed by atoms with Crippen molar-refractivity contribution in [3.8, 4) is 0 Å². The van der Waals surface area contributed by atoms with Crippen LogP contribution >= 0.6 is 11.8 Å². The predicted octanol–water partition coefficient (Wildman–Crippen LogP) is 4.13. The zero-order valence-electron chi connectivity index (χ0n) is 10.8. The van der Waals surface area contributed by atoms with E-state index in [4.69, 9.17) is 0 Å². The number of hydrogen-bond donors (Lipinski definition) is 0. The second-order valence-electron chi connectivity index (χ2n) is 5.52. The molecule has 2 unspecified atom stereocenters. The van der Waals surface area contributed by atoms with Crippen molar-refractivity contribution >= 4 is 17.5 Å². The van der Waals surface area contributed by atoms with E-state index in [2.05, 4.69) is 0 Å². The molecule has 19 heavy (non-hydrogen) atoms. The Morgan fingerprint density at radius 2 is 1.84 bits per heavy atom. The second kappa shape index (κ2) is 4.89. The van der Waals surface area contributed by atoms with Crippen molar-refractivity contribution in [1.29, 1.82) is 0 Å². The van der Waals surface area contributed by atoms with Crippen LogP contribution in [0.15, 0.2) is 12.1 Å². The third kappa shape index (κ3) is 2.31. The molecule has 0 amide bonds. The molecular weight excluding hydrogens is 266 g/mol. The lowest BCUT2D eigenvalue weighted by atomic mass is 9.88. The lowest BCUT2D eigenvalue weighted by Crippen LogP contribution is -2.25. The molecule has 0 aromatic heterocycles. The maximum Gasteiger partial charge on any atom is 0.166 e. The van der Waals surface area contributed by atoms with Crippen molar-refractivity contribution in [2.45, 2.75) is 43.1 Å². The summed E-state index contributed by atoms with van der Waals surface area (Å²) in [5, 5.41) is 1.16. The first kappa shape index (κ1) is 13.1. The van der Waals surface area contributed by atoms with E-state index in [1.807, 2.05) is 11.8 Å². The molecule has 4 heteroatoms. The number of carbonyl (C=O) groups is 1. The lowest BCUT2D eigenvalue weighted by Gasteiger charge is -2.26. The first-order valence-corrected chi connectivity index (χ1v) is 7.65. The monoisotopic (exact) mass is 282 g/mol. The summed E-state index contributed by atoms with van der Waals surface area (Å²) in [5.41, 5.74) is 0.505. The summed E-state index contributed by atoms with van der Waals surface area (Å²) in [6, 6.07) is 2.49. The van der Waals surface area contributed by atoms with E-state index in [1.165, 1.54) is 25.8 Å². The second-order valence-corrected chi connectivity index (χ2v) is 7.13. The highest BCUT2D eigenvalue weighted by Gasteiger charge is 2.38. The summed E-state index contributed by atoms with van der Waals surface area (Å²) in [6.07, 6.45) is 4.16. The third-order valence-corrected chi connectivity index (χ3v) is 5.89. The molecule has 1 aromatic rings. The molecule has 1 nitrogen and oxygen atoms in total. The number of Topliss-reactive ketones (excluding diaryl/α,β-unsaturated/α-hetero) is 1. The molecule has 2 saturated heterocycles. The number of rotatable bonds is 2. The molecule has 0 spiro atoms. The Morgan fingerprint density at radius 1 is 1.21 bits per heavy atom. The largest absolute Gasteiger partial charge is 0.294 e. The SMILES string of the molecule is Cc1c(C(=O)C2CC3CCC(C2)S3)ccc(F)c1F. The minimum absolute atomic E-state index is 0.00593. The highest BCUT2D eigenvalue weighted by atomic mass is 32.2. The smallest absolute Gasteiger partial charge is 0.166 e. The van der Waals surface area contributed by atoms with Gasteiger partial charge in [-0.3, -0.25) is 4.79 Å². The number of carbonyl (C=O) groups excluding carboxylic acids is 1. The molecule has 0 saturated carbocycles. The van der Waals surface area contributed by atoms with Gasteiger partial charge in [0.05, 0.1) is 0 Å². The lowest BCUT2D eigenvalue weighted by molar-refractivity contribution is 0.0905. The van der Waals surface area contributed by atoms with Crippen LogP contribution in [0, 0.1) is 24.5 Å². The Bertz CT molecular complexity index is 517. The normalized spacial score (nSPS) is 29.5. The van der Waals surface area contributed by atoms with Crippen molar-refractivity contribution in [3.63, 3.8) is 0 Å². The van der Waals surface area contributed by atoms with Crippen molar-refractivity contribution in [2.75, 3.05) is 0 Å². The van der Waals surface area contributed by atoms with Crippen LogP contribution < -0.4 is 0 Å². The fourth-order valence-electron chi connectivity index (χ4n) is 3.21. The maximum absolute atomic E-state index is 13.6. The summed E-state index contributed by atoms with van der Waals surface area (Å²) in [6.45, 7) is 1.48. The minimum atomic E-state index is -0.890. The zero-order chi connectivity index (χ0) is 13.6. The van der Waals surface area contributed by atoms with E-state index in [-0.39, 0.29) is 17.3 Å². The summed E-state index contributed by atoms with van der Waals surface area (Å²) >= 11 is 1.99. The first-order chi connectivity index (χ1) is 9.06. The predicted molar refractivity (Wildman–Crippen MR) is 72.6 cm³/mol. The molecule has 3 rings (SSSR count). The number of hydrogen-bond acceptors (Lipinski definition) is 2. The number of ketones is 1. The van der Waals surface area contributed by atoms with E-state index < -0.39 is 11.6 Å². The van der Waals surface area contributed by atoms with Gasteiger partial charge in [-0.05, 0) is 50.3 Å². The molecule has 2 fully saturated rings. The standard InChI is InChI=1S/C15H16F2OS/c1-8-12(4-5-13(16)14(8)17)15(18)9-6-10-2-3-11(7-9)19-10/h4-5,9-11H,2-3,6-7H2,1H3. The van der Waals surface area contributed by atoms with Gasteiger partial charge in [0.15, 0.2) is 17.4 Å². The zero-order valence-corrected chi connectivity index (χ0v) is 11.6. The van der Waals surface area contributed by atoms with Crippen molar-refractivity contribution in [1.82, 2.24) is 0 Å². The van der Waals surface area contributed by atoms with Gasteiger partial charge in [-0.15, -0.1) is 0 Å². The summed E-state index contributed by atoms with van der Waals surface area (Å²) in [5.74, 6) is -1.79. The average Bonchev–Trinajstić information content (AvgIpc) is 2.74. The average molecular weight is 282 g/mol. The number of fused-ring (bicyclic) bond motifs is 2. The van der Waals surface area contributed by atoms with Crippen LogP contribution in [0.1, 0.15) is 41.6 Å². The molecule has 0 N–H and O–H groups in total. The van der Waals surface area contributed by atoms with Gasteiger partial charge in [0.25, 0.3) is 0 Å². The van der Waals surface area contributed by atoms with Crippen molar-refractivity contribution in [2.24, 2.45) is 5.92 Å². The molecular formula is C15H16F2OS. The minimum Gasteiger partial charge on any atom is -0.294 e. The Labute approximate surface area is 115 Å². The topological polar surface area (TPSA) is 17.1 Å². The number of thioether (sulfide) groups is 1. The molecule has 2 aliphatic rings. The van der Waals surface area contributed by atoms with Crippen molar-refractivity contribution < 1.29 is 13.6 Å². The van der Waals surface area contributed by atoms with E-state index in [0.717, 1.165) is 18.9 Å². The van der Waals surface area contributed by atoms with Gasteiger partial charge >= 0.3 is 0 Å². The van der Waals surface area contributed by atoms with E-state index in [9.17, 15) is 13.6 Å². The van der Waals surface area contributed by atoms with Gasteiger partial charge < -0.3 is 0 Å². The van der Waals surface area contributed by atoms with Crippen molar-refractivity contribution in [3.05, 3.63) is 34.9 Å². The summed E-state index contributed by atoms with van der Waals surface area (Å²) in [7, 11) is 0. The highest BCUT2D eigenvalue weighted by Crippen LogP contribution is 2.46. The van der Waals surface area contributed by atoms with Crippen LogP contribution in [-0.2, 0) is 0 Å². The summed E-state index contributed by atoms with van der Waals surface area (Å²) in [4.78, 5) is 12.5. The van der Waals surface area contributed by atoms with Gasteiger partial charge in [0.2, 0.25) is 0 Å². The van der Waals surface area contributed by atoms with Gasteiger partial charge in [0, 0.05) is 22.0 Å². The highest BCUT2D eigenvalue weighted by molar-refractivity contribution is 8.00. The van der Waals surface area contributed by atoms with Gasteiger partial charge in [0.1, 0.15) is 0 Å². The third-order valence-electron chi connectivity index (χ3n) is 4.27.